The molecular weight excluding hydrogens is 347 g/mol. The second kappa shape index (κ2) is 7.37. The molecule has 3 rings (SSSR count). The van der Waals surface area contributed by atoms with Crippen molar-refractivity contribution in [1.29, 1.82) is 0 Å². The number of halogens is 3. The van der Waals surface area contributed by atoms with Crippen LogP contribution in [0.2, 0.25) is 0 Å². The van der Waals surface area contributed by atoms with Gasteiger partial charge in [-0.2, -0.15) is 13.2 Å². The van der Waals surface area contributed by atoms with Gasteiger partial charge >= 0.3 is 12.1 Å². The van der Waals surface area contributed by atoms with E-state index < -0.39 is 12.1 Å². The van der Waals surface area contributed by atoms with Crippen molar-refractivity contribution in [2.45, 2.75) is 18.9 Å². The van der Waals surface area contributed by atoms with Crippen molar-refractivity contribution in [3.63, 3.8) is 0 Å². The van der Waals surface area contributed by atoms with Gasteiger partial charge in [-0.3, -0.25) is 4.79 Å². The maximum atomic E-state index is 12.3. The standard InChI is InChI=1S/C19H18F3NO3/c1-25-16-4-2-3-15(9-16)14-7-5-13(6-8-14)12-26-17-10-23(11-17)18(24)19(20,21)22/h2-9,17H,10-12H2,1H3. The van der Waals surface area contributed by atoms with Gasteiger partial charge in [0.15, 0.2) is 0 Å². The van der Waals surface area contributed by atoms with Gasteiger partial charge < -0.3 is 14.4 Å². The van der Waals surface area contributed by atoms with Crippen LogP contribution in [-0.4, -0.2) is 43.3 Å². The summed E-state index contributed by atoms with van der Waals surface area (Å²) < 4.78 is 47.6. The summed E-state index contributed by atoms with van der Waals surface area (Å²) in [5.41, 5.74) is 2.97. The number of nitrogens with zero attached hydrogens (tertiary/aromatic N) is 1. The van der Waals surface area contributed by atoms with Crippen molar-refractivity contribution in [1.82, 2.24) is 4.90 Å². The second-order valence-electron chi connectivity index (χ2n) is 6.07. The molecule has 1 aliphatic rings. The summed E-state index contributed by atoms with van der Waals surface area (Å²) in [6, 6.07) is 15.4. The topological polar surface area (TPSA) is 38.8 Å². The lowest BCUT2D eigenvalue weighted by Crippen LogP contribution is -2.58. The van der Waals surface area contributed by atoms with Gasteiger partial charge in [0.25, 0.3) is 0 Å². The lowest BCUT2D eigenvalue weighted by Gasteiger charge is -2.39. The van der Waals surface area contributed by atoms with Crippen molar-refractivity contribution >= 4 is 5.91 Å². The molecule has 1 aliphatic heterocycles. The summed E-state index contributed by atoms with van der Waals surface area (Å²) in [6.07, 6.45) is -5.18. The fraction of sp³-hybridized carbons (Fsp3) is 0.316. The van der Waals surface area contributed by atoms with Crippen LogP contribution in [-0.2, 0) is 16.1 Å². The first-order valence-electron chi connectivity index (χ1n) is 8.08. The molecule has 0 spiro atoms. The predicted molar refractivity (Wildman–Crippen MR) is 89.6 cm³/mol. The Labute approximate surface area is 149 Å². The molecule has 138 valence electrons. The summed E-state index contributed by atoms with van der Waals surface area (Å²) in [7, 11) is 1.61. The van der Waals surface area contributed by atoms with E-state index in [1.54, 1.807) is 7.11 Å². The molecular formula is C19H18F3NO3. The lowest BCUT2D eigenvalue weighted by atomic mass is 10.0. The molecule has 1 saturated heterocycles. The van der Waals surface area contributed by atoms with E-state index >= 15 is 0 Å². The molecule has 0 atom stereocenters. The summed E-state index contributed by atoms with van der Waals surface area (Å²) in [4.78, 5) is 11.8. The molecule has 2 aromatic carbocycles. The number of amides is 1. The van der Waals surface area contributed by atoms with E-state index in [0.717, 1.165) is 27.3 Å². The average molecular weight is 365 g/mol. The van der Waals surface area contributed by atoms with Crippen molar-refractivity contribution in [2.75, 3.05) is 20.2 Å². The Kier molecular flexibility index (Phi) is 5.18. The van der Waals surface area contributed by atoms with Crippen molar-refractivity contribution in [2.24, 2.45) is 0 Å². The van der Waals surface area contributed by atoms with Crippen LogP contribution in [0.3, 0.4) is 0 Å². The number of ether oxygens (including phenoxy) is 2. The van der Waals surface area contributed by atoms with Crippen LogP contribution in [0.4, 0.5) is 13.2 Å². The van der Waals surface area contributed by atoms with E-state index in [9.17, 15) is 18.0 Å². The van der Waals surface area contributed by atoms with Crippen molar-refractivity contribution in [3.8, 4) is 16.9 Å². The number of benzene rings is 2. The molecule has 26 heavy (non-hydrogen) atoms. The van der Waals surface area contributed by atoms with Crippen LogP contribution in [0.5, 0.6) is 5.75 Å². The number of rotatable bonds is 5. The molecule has 1 fully saturated rings. The van der Waals surface area contributed by atoms with Crippen LogP contribution >= 0.6 is 0 Å². The van der Waals surface area contributed by atoms with Gasteiger partial charge in [-0.05, 0) is 28.8 Å². The van der Waals surface area contributed by atoms with Crippen LogP contribution < -0.4 is 4.74 Å². The van der Waals surface area contributed by atoms with Gasteiger partial charge in [0.2, 0.25) is 0 Å². The molecule has 0 N–H and O–H groups in total. The third-order valence-corrected chi connectivity index (χ3v) is 4.22. The van der Waals surface area contributed by atoms with Gasteiger partial charge in [0, 0.05) is 13.1 Å². The maximum Gasteiger partial charge on any atom is 0.471 e. The minimum atomic E-state index is -4.82. The normalized spacial score (nSPS) is 14.8. The molecule has 0 aromatic heterocycles. The van der Waals surface area contributed by atoms with E-state index in [1.165, 1.54) is 0 Å². The predicted octanol–water partition coefficient (Wildman–Crippen LogP) is 3.65. The number of carbonyl (C=O) groups is 1. The van der Waals surface area contributed by atoms with Crippen LogP contribution in [0.1, 0.15) is 5.56 Å². The molecule has 1 heterocycles. The number of likely N-dealkylation sites (tertiary alicyclic amines) is 1. The second-order valence-corrected chi connectivity index (χ2v) is 6.07. The third-order valence-electron chi connectivity index (χ3n) is 4.22. The zero-order chi connectivity index (χ0) is 18.7. The Morgan fingerprint density at radius 1 is 1.12 bits per heavy atom. The van der Waals surface area contributed by atoms with Crippen LogP contribution in [0.15, 0.2) is 48.5 Å². The van der Waals surface area contributed by atoms with Gasteiger partial charge in [-0.1, -0.05) is 36.4 Å². The number of carbonyl (C=O) groups excluding carboxylic acids is 1. The summed E-state index contributed by atoms with van der Waals surface area (Å²) >= 11 is 0. The fourth-order valence-electron chi connectivity index (χ4n) is 2.70. The highest BCUT2D eigenvalue weighted by molar-refractivity contribution is 5.82. The molecule has 4 nitrogen and oxygen atoms in total. The number of methoxy groups -OCH3 is 1. The van der Waals surface area contributed by atoms with Crippen LogP contribution in [0.25, 0.3) is 11.1 Å². The summed E-state index contributed by atoms with van der Waals surface area (Å²) in [5.74, 6) is -1.03. The van der Waals surface area contributed by atoms with E-state index in [-0.39, 0.29) is 25.8 Å². The smallest absolute Gasteiger partial charge is 0.471 e. The van der Waals surface area contributed by atoms with E-state index in [4.69, 9.17) is 9.47 Å². The lowest BCUT2D eigenvalue weighted by molar-refractivity contribution is -0.196. The van der Waals surface area contributed by atoms with Crippen molar-refractivity contribution < 1.29 is 27.4 Å². The molecule has 0 radical (unpaired) electrons. The Bertz CT molecular complexity index is 768. The highest BCUT2D eigenvalue weighted by Gasteiger charge is 2.46. The SMILES string of the molecule is COc1cccc(-c2ccc(COC3CN(C(=O)C(F)(F)F)C3)cc2)c1. The first-order valence-corrected chi connectivity index (χ1v) is 8.08. The molecule has 0 bridgehead atoms. The zero-order valence-electron chi connectivity index (χ0n) is 14.1. The molecule has 0 aliphatic carbocycles. The minimum absolute atomic E-state index is 0.0275. The monoisotopic (exact) mass is 365 g/mol. The minimum Gasteiger partial charge on any atom is -0.497 e. The average Bonchev–Trinajstić information content (AvgIpc) is 2.60. The Morgan fingerprint density at radius 3 is 2.42 bits per heavy atom. The number of hydrogen-bond acceptors (Lipinski definition) is 3. The zero-order valence-corrected chi connectivity index (χ0v) is 14.1. The molecule has 2 aromatic rings. The van der Waals surface area contributed by atoms with E-state index in [0.29, 0.717) is 0 Å². The largest absolute Gasteiger partial charge is 0.497 e. The van der Waals surface area contributed by atoms with Gasteiger partial charge in [-0.25, -0.2) is 0 Å². The number of alkyl halides is 3. The molecule has 0 saturated carbocycles. The highest BCUT2D eigenvalue weighted by Crippen LogP contribution is 2.26. The van der Waals surface area contributed by atoms with Gasteiger partial charge in [-0.15, -0.1) is 0 Å². The highest BCUT2D eigenvalue weighted by atomic mass is 19.4. The third kappa shape index (κ3) is 4.16. The molecule has 7 heteroatoms. The molecule has 1 amide bonds. The first kappa shape index (κ1) is 18.3. The summed E-state index contributed by atoms with van der Waals surface area (Å²) in [5, 5.41) is 0. The first-order chi connectivity index (χ1) is 12.4. The maximum absolute atomic E-state index is 12.3. The number of hydrogen-bond donors (Lipinski definition) is 0. The van der Waals surface area contributed by atoms with E-state index in [1.807, 2.05) is 48.5 Å². The Hall–Kier alpha value is -2.54. The van der Waals surface area contributed by atoms with Gasteiger partial charge in [0.05, 0.1) is 19.8 Å². The van der Waals surface area contributed by atoms with E-state index in [2.05, 4.69) is 0 Å². The van der Waals surface area contributed by atoms with Crippen molar-refractivity contribution in [3.05, 3.63) is 54.1 Å². The van der Waals surface area contributed by atoms with Crippen LogP contribution in [0, 0.1) is 0 Å². The van der Waals surface area contributed by atoms with Gasteiger partial charge in [0.1, 0.15) is 5.75 Å². The fourth-order valence-corrected chi connectivity index (χ4v) is 2.70. The Morgan fingerprint density at radius 2 is 1.81 bits per heavy atom. The quantitative estimate of drug-likeness (QED) is 0.812. The Balaban J connectivity index is 1.51. The summed E-state index contributed by atoms with van der Waals surface area (Å²) in [6.45, 7) is 0.234. The molecule has 0 unspecified atom stereocenters.